The molecule has 2 N–H and O–H groups in total. The van der Waals surface area contributed by atoms with Gasteiger partial charge in [0.1, 0.15) is 0 Å². The summed E-state index contributed by atoms with van der Waals surface area (Å²) in [7, 11) is 0. The highest BCUT2D eigenvalue weighted by Crippen LogP contribution is 2.25. The van der Waals surface area contributed by atoms with Gasteiger partial charge in [-0.1, -0.05) is 34.8 Å². The fourth-order valence-electron chi connectivity index (χ4n) is 1.71. The third kappa shape index (κ3) is 4.13. The molecule has 7 heteroatoms. The van der Waals surface area contributed by atoms with Crippen molar-refractivity contribution in [1.82, 2.24) is 0 Å². The van der Waals surface area contributed by atoms with Gasteiger partial charge < -0.3 is 10.6 Å². The number of halogens is 3. The van der Waals surface area contributed by atoms with E-state index in [-0.39, 0.29) is 5.02 Å². The van der Waals surface area contributed by atoms with Gasteiger partial charge >= 0.3 is 11.8 Å². The molecule has 0 aliphatic carbocycles. The number of rotatable bonds is 2. The number of hydrogen-bond donors (Lipinski definition) is 2. The van der Waals surface area contributed by atoms with Gasteiger partial charge in [0.05, 0.1) is 10.0 Å². The number of carbonyl (C=O) groups is 2. The van der Waals surface area contributed by atoms with Crippen LogP contribution in [0.2, 0.25) is 15.1 Å². The fraction of sp³-hybridized carbons (Fsp3) is 0.0667. The molecular formula is C15H11Cl3N2O2. The average Bonchev–Trinajstić information content (AvgIpc) is 2.45. The molecule has 0 spiro atoms. The lowest BCUT2D eigenvalue weighted by Gasteiger charge is -2.09. The summed E-state index contributed by atoms with van der Waals surface area (Å²) in [4.78, 5) is 23.8. The summed E-state index contributed by atoms with van der Waals surface area (Å²) in [5.74, 6) is -1.61. The molecule has 0 atom stereocenters. The highest BCUT2D eigenvalue weighted by atomic mass is 35.5. The van der Waals surface area contributed by atoms with Gasteiger partial charge in [-0.15, -0.1) is 0 Å². The minimum atomic E-state index is -0.812. The van der Waals surface area contributed by atoms with E-state index < -0.39 is 11.8 Å². The first-order valence-electron chi connectivity index (χ1n) is 6.20. The van der Waals surface area contributed by atoms with Gasteiger partial charge in [0.15, 0.2) is 0 Å². The van der Waals surface area contributed by atoms with E-state index in [1.165, 1.54) is 12.1 Å². The molecule has 22 heavy (non-hydrogen) atoms. The van der Waals surface area contributed by atoms with Crippen molar-refractivity contribution in [2.75, 3.05) is 10.6 Å². The molecule has 4 nitrogen and oxygen atoms in total. The Morgan fingerprint density at radius 3 is 2.18 bits per heavy atom. The molecule has 2 aromatic rings. The van der Waals surface area contributed by atoms with Gasteiger partial charge in [-0.3, -0.25) is 9.59 Å². The van der Waals surface area contributed by atoms with Crippen LogP contribution in [0, 0.1) is 6.92 Å². The summed E-state index contributed by atoms with van der Waals surface area (Å²) in [6.45, 7) is 1.78. The van der Waals surface area contributed by atoms with E-state index in [9.17, 15) is 9.59 Å². The first kappa shape index (κ1) is 16.6. The summed E-state index contributed by atoms with van der Waals surface area (Å²) < 4.78 is 0. The van der Waals surface area contributed by atoms with Crippen molar-refractivity contribution < 1.29 is 9.59 Å². The van der Waals surface area contributed by atoms with Gasteiger partial charge in [0.25, 0.3) is 0 Å². The predicted octanol–water partition coefficient (Wildman–Crippen LogP) is 4.53. The molecule has 0 aliphatic rings. The molecule has 0 radical (unpaired) electrons. The molecule has 0 bridgehead atoms. The second-order valence-electron chi connectivity index (χ2n) is 4.50. The van der Waals surface area contributed by atoms with Crippen molar-refractivity contribution in [2.24, 2.45) is 0 Å². The lowest BCUT2D eigenvalue weighted by atomic mass is 10.2. The van der Waals surface area contributed by atoms with Gasteiger partial charge in [-0.2, -0.15) is 0 Å². The van der Waals surface area contributed by atoms with Gasteiger partial charge in [0.2, 0.25) is 0 Å². The Morgan fingerprint density at radius 2 is 1.55 bits per heavy atom. The van der Waals surface area contributed by atoms with E-state index in [2.05, 4.69) is 10.6 Å². The maximum Gasteiger partial charge on any atom is 0.314 e. The topological polar surface area (TPSA) is 58.2 Å². The van der Waals surface area contributed by atoms with Crippen molar-refractivity contribution in [1.29, 1.82) is 0 Å². The van der Waals surface area contributed by atoms with Gasteiger partial charge in [-0.05, 0) is 48.9 Å². The summed E-state index contributed by atoms with van der Waals surface area (Å²) in [5.41, 5.74) is 1.64. The van der Waals surface area contributed by atoms with Crippen molar-refractivity contribution in [3.63, 3.8) is 0 Å². The van der Waals surface area contributed by atoms with Crippen LogP contribution in [0.15, 0.2) is 36.4 Å². The number of carbonyl (C=O) groups excluding carboxylic acids is 2. The van der Waals surface area contributed by atoms with Gasteiger partial charge in [-0.25, -0.2) is 0 Å². The maximum absolute atomic E-state index is 11.9. The van der Waals surface area contributed by atoms with Crippen LogP contribution in [-0.4, -0.2) is 11.8 Å². The maximum atomic E-state index is 11.9. The van der Waals surface area contributed by atoms with Crippen LogP contribution in [0.25, 0.3) is 0 Å². The van der Waals surface area contributed by atoms with E-state index in [0.717, 1.165) is 5.56 Å². The monoisotopic (exact) mass is 356 g/mol. The molecule has 0 aromatic heterocycles. The van der Waals surface area contributed by atoms with Crippen LogP contribution in [0.4, 0.5) is 11.4 Å². The minimum Gasteiger partial charge on any atom is -0.318 e. The summed E-state index contributed by atoms with van der Waals surface area (Å²) in [6, 6.07) is 9.48. The standard InChI is InChI=1S/C15H11Cl3N2O2/c1-8-6-9(16)2-5-13(8)20-15(22)14(21)19-10-3-4-11(17)12(18)7-10/h2-7H,1H3,(H,19,21)(H,20,22). The summed E-state index contributed by atoms with van der Waals surface area (Å²) in [5, 5.41) is 6.15. The SMILES string of the molecule is Cc1cc(Cl)ccc1NC(=O)C(=O)Nc1ccc(Cl)c(Cl)c1. The van der Waals surface area contributed by atoms with Crippen LogP contribution in [0.5, 0.6) is 0 Å². The molecule has 2 aromatic carbocycles. The van der Waals surface area contributed by atoms with Crippen LogP contribution in [0.1, 0.15) is 5.56 Å². The van der Waals surface area contributed by atoms with Crippen LogP contribution >= 0.6 is 34.8 Å². The Labute approximate surface area is 142 Å². The molecule has 0 saturated carbocycles. The Morgan fingerprint density at radius 1 is 0.864 bits per heavy atom. The zero-order valence-electron chi connectivity index (χ0n) is 11.4. The van der Waals surface area contributed by atoms with Gasteiger partial charge in [0, 0.05) is 16.4 Å². The predicted molar refractivity (Wildman–Crippen MR) is 89.9 cm³/mol. The minimum absolute atomic E-state index is 0.286. The zero-order valence-corrected chi connectivity index (χ0v) is 13.7. The smallest absolute Gasteiger partial charge is 0.314 e. The lowest BCUT2D eigenvalue weighted by molar-refractivity contribution is -0.133. The van der Waals surface area contributed by atoms with E-state index in [1.807, 2.05) is 0 Å². The lowest BCUT2D eigenvalue weighted by Crippen LogP contribution is -2.29. The number of aryl methyl sites for hydroxylation is 1. The first-order chi connectivity index (χ1) is 10.4. The molecule has 2 rings (SSSR count). The average molecular weight is 358 g/mol. The third-order valence-electron chi connectivity index (χ3n) is 2.82. The molecule has 2 amide bonds. The quantitative estimate of drug-likeness (QED) is 0.776. The van der Waals surface area contributed by atoms with Crippen molar-refractivity contribution in [3.8, 4) is 0 Å². The van der Waals surface area contributed by atoms with Crippen molar-refractivity contribution >= 4 is 58.0 Å². The number of hydrogen-bond acceptors (Lipinski definition) is 2. The molecule has 0 unspecified atom stereocenters. The van der Waals surface area contributed by atoms with Crippen LogP contribution in [-0.2, 0) is 9.59 Å². The third-order valence-corrected chi connectivity index (χ3v) is 3.79. The van der Waals surface area contributed by atoms with Crippen molar-refractivity contribution in [2.45, 2.75) is 6.92 Å². The van der Waals surface area contributed by atoms with E-state index in [4.69, 9.17) is 34.8 Å². The number of nitrogens with one attached hydrogen (secondary N) is 2. The zero-order chi connectivity index (χ0) is 16.3. The summed E-state index contributed by atoms with van der Waals surface area (Å²) in [6.07, 6.45) is 0. The molecule has 0 saturated heterocycles. The Bertz CT molecular complexity index is 748. The number of benzene rings is 2. The molecule has 0 fully saturated rings. The van der Waals surface area contributed by atoms with Crippen LogP contribution in [0.3, 0.4) is 0 Å². The van der Waals surface area contributed by atoms with Crippen LogP contribution < -0.4 is 10.6 Å². The van der Waals surface area contributed by atoms with E-state index in [0.29, 0.717) is 21.4 Å². The second kappa shape index (κ2) is 7.01. The molecule has 0 heterocycles. The normalized spacial score (nSPS) is 10.2. The highest BCUT2D eigenvalue weighted by Gasteiger charge is 2.15. The Kier molecular flexibility index (Phi) is 5.29. The largest absolute Gasteiger partial charge is 0.318 e. The number of amides is 2. The summed E-state index contributed by atoms with van der Waals surface area (Å²) >= 11 is 17.5. The molecule has 114 valence electrons. The van der Waals surface area contributed by atoms with Crippen molar-refractivity contribution in [3.05, 3.63) is 57.0 Å². The van der Waals surface area contributed by atoms with E-state index >= 15 is 0 Å². The fourth-order valence-corrected chi connectivity index (χ4v) is 2.23. The Hall–Kier alpha value is -1.75. The molecular weight excluding hydrogens is 347 g/mol. The van der Waals surface area contributed by atoms with E-state index in [1.54, 1.807) is 31.2 Å². The Balaban J connectivity index is 2.05. The highest BCUT2D eigenvalue weighted by molar-refractivity contribution is 6.44. The second-order valence-corrected chi connectivity index (χ2v) is 5.75. The molecule has 0 aliphatic heterocycles. The first-order valence-corrected chi connectivity index (χ1v) is 7.34. The number of anilines is 2.